The number of carbonyl (C=O) groups excluding carboxylic acids is 1. The SMILES string of the molecule is O=C1OC(c2ccc([N+](=O)[O-])cc2)=N/C1=C\c1ccccc1. The zero-order valence-corrected chi connectivity index (χ0v) is 11.3. The maximum Gasteiger partial charge on any atom is 0.363 e. The molecule has 0 aliphatic carbocycles. The van der Waals surface area contributed by atoms with E-state index < -0.39 is 10.9 Å². The molecule has 6 nitrogen and oxygen atoms in total. The van der Waals surface area contributed by atoms with Gasteiger partial charge in [0.25, 0.3) is 5.69 Å². The van der Waals surface area contributed by atoms with Crippen molar-refractivity contribution >= 4 is 23.6 Å². The normalized spacial score (nSPS) is 15.5. The molecule has 1 heterocycles. The standard InChI is InChI=1S/C16H10N2O4/c19-16-14(10-11-4-2-1-3-5-11)17-15(22-16)12-6-8-13(9-7-12)18(20)21/h1-10H/b14-10-. The van der Waals surface area contributed by atoms with Crippen molar-refractivity contribution < 1.29 is 14.5 Å². The third-order valence-electron chi connectivity index (χ3n) is 3.05. The van der Waals surface area contributed by atoms with Crippen molar-refractivity contribution in [3.05, 3.63) is 81.5 Å². The summed E-state index contributed by atoms with van der Waals surface area (Å²) in [6.07, 6.45) is 1.63. The molecule has 22 heavy (non-hydrogen) atoms. The van der Waals surface area contributed by atoms with Crippen molar-refractivity contribution in [2.45, 2.75) is 0 Å². The molecule has 0 amide bonds. The van der Waals surface area contributed by atoms with Crippen molar-refractivity contribution in [2.24, 2.45) is 4.99 Å². The number of aliphatic imine (C=N–C) groups is 1. The largest absolute Gasteiger partial charge is 0.402 e. The quantitative estimate of drug-likeness (QED) is 0.377. The number of carbonyl (C=O) groups is 1. The lowest BCUT2D eigenvalue weighted by Crippen LogP contribution is -2.05. The second-order valence-electron chi connectivity index (χ2n) is 4.55. The van der Waals surface area contributed by atoms with Gasteiger partial charge in [-0.05, 0) is 23.8 Å². The molecule has 0 saturated heterocycles. The van der Waals surface area contributed by atoms with Crippen LogP contribution >= 0.6 is 0 Å². The van der Waals surface area contributed by atoms with Gasteiger partial charge in [0.2, 0.25) is 5.90 Å². The van der Waals surface area contributed by atoms with E-state index in [1.165, 1.54) is 24.3 Å². The fourth-order valence-corrected chi connectivity index (χ4v) is 1.97. The van der Waals surface area contributed by atoms with Gasteiger partial charge in [-0.1, -0.05) is 30.3 Å². The highest BCUT2D eigenvalue weighted by molar-refractivity contribution is 6.12. The second kappa shape index (κ2) is 5.61. The van der Waals surface area contributed by atoms with Gasteiger partial charge in [0.05, 0.1) is 4.92 Å². The summed E-state index contributed by atoms with van der Waals surface area (Å²) in [5, 5.41) is 10.6. The first-order chi connectivity index (χ1) is 10.6. The minimum absolute atomic E-state index is 0.0336. The fourth-order valence-electron chi connectivity index (χ4n) is 1.97. The third kappa shape index (κ3) is 2.76. The molecule has 0 N–H and O–H groups in total. The Morgan fingerprint density at radius 1 is 1.05 bits per heavy atom. The molecule has 0 bridgehead atoms. The lowest BCUT2D eigenvalue weighted by atomic mass is 10.2. The fraction of sp³-hybridized carbons (Fsp3) is 0. The van der Waals surface area contributed by atoms with Gasteiger partial charge >= 0.3 is 5.97 Å². The molecule has 6 heteroatoms. The van der Waals surface area contributed by atoms with Gasteiger partial charge in [0, 0.05) is 17.7 Å². The van der Waals surface area contributed by atoms with E-state index in [2.05, 4.69) is 4.99 Å². The van der Waals surface area contributed by atoms with E-state index in [1.807, 2.05) is 30.3 Å². The number of cyclic esters (lactones) is 1. The monoisotopic (exact) mass is 294 g/mol. The summed E-state index contributed by atoms with van der Waals surface area (Å²) in [6.45, 7) is 0. The van der Waals surface area contributed by atoms with Crippen molar-refractivity contribution in [2.75, 3.05) is 0 Å². The molecule has 0 atom stereocenters. The Morgan fingerprint density at radius 2 is 1.73 bits per heavy atom. The molecule has 0 saturated carbocycles. The summed E-state index contributed by atoms with van der Waals surface area (Å²) in [6, 6.07) is 14.9. The minimum Gasteiger partial charge on any atom is -0.402 e. The lowest BCUT2D eigenvalue weighted by molar-refractivity contribution is -0.384. The van der Waals surface area contributed by atoms with Crippen LogP contribution in [-0.2, 0) is 9.53 Å². The van der Waals surface area contributed by atoms with E-state index in [4.69, 9.17) is 4.74 Å². The molecule has 2 aromatic carbocycles. The Balaban J connectivity index is 1.90. The summed E-state index contributed by atoms with van der Waals surface area (Å²) in [5.41, 5.74) is 1.51. The van der Waals surface area contributed by atoms with Crippen LogP contribution in [-0.4, -0.2) is 16.8 Å². The summed E-state index contributed by atoms with van der Waals surface area (Å²) < 4.78 is 5.11. The van der Waals surface area contributed by atoms with Crippen LogP contribution < -0.4 is 0 Å². The molecular formula is C16H10N2O4. The Morgan fingerprint density at radius 3 is 2.36 bits per heavy atom. The van der Waals surface area contributed by atoms with Crippen LogP contribution in [0.3, 0.4) is 0 Å². The molecule has 2 aromatic rings. The molecule has 0 unspecified atom stereocenters. The summed E-state index contributed by atoms with van der Waals surface area (Å²) in [5.74, 6) is -0.403. The first kappa shape index (κ1) is 13.7. The van der Waals surface area contributed by atoms with E-state index >= 15 is 0 Å². The number of nitrogens with zero attached hydrogens (tertiary/aromatic N) is 2. The molecule has 0 aromatic heterocycles. The van der Waals surface area contributed by atoms with Crippen molar-refractivity contribution in [3.63, 3.8) is 0 Å². The predicted molar refractivity (Wildman–Crippen MR) is 80.1 cm³/mol. The highest BCUT2D eigenvalue weighted by atomic mass is 16.6. The zero-order valence-electron chi connectivity index (χ0n) is 11.3. The van der Waals surface area contributed by atoms with Crippen LogP contribution in [0.15, 0.2) is 65.3 Å². The van der Waals surface area contributed by atoms with Crippen molar-refractivity contribution in [1.82, 2.24) is 0 Å². The van der Waals surface area contributed by atoms with Crippen LogP contribution in [0.5, 0.6) is 0 Å². The average Bonchev–Trinajstić information content (AvgIpc) is 2.89. The number of rotatable bonds is 3. The average molecular weight is 294 g/mol. The van der Waals surface area contributed by atoms with Crippen molar-refractivity contribution in [3.8, 4) is 0 Å². The van der Waals surface area contributed by atoms with Crippen LogP contribution in [0, 0.1) is 10.1 Å². The number of hydrogen-bond donors (Lipinski definition) is 0. The summed E-state index contributed by atoms with van der Waals surface area (Å²) in [4.78, 5) is 26.1. The number of nitro groups is 1. The van der Waals surface area contributed by atoms with Crippen LogP contribution in [0.4, 0.5) is 5.69 Å². The smallest absolute Gasteiger partial charge is 0.363 e. The molecule has 0 radical (unpaired) electrons. The number of ether oxygens (including phenoxy) is 1. The first-order valence-electron chi connectivity index (χ1n) is 6.46. The van der Waals surface area contributed by atoms with Crippen LogP contribution in [0.25, 0.3) is 6.08 Å². The van der Waals surface area contributed by atoms with Gasteiger partial charge in [-0.2, -0.15) is 0 Å². The number of non-ortho nitro benzene ring substituents is 1. The Bertz CT molecular complexity index is 793. The highest BCUT2D eigenvalue weighted by Crippen LogP contribution is 2.20. The number of benzene rings is 2. The van der Waals surface area contributed by atoms with E-state index in [0.717, 1.165) is 5.56 Å². The Hall–Kier alpha value is -3.28. The molecule has 3 rings (SSSR count). The highest BCUT2D eigenvalue weighted by Gasteiger charge is 2.24. The number of hydrogen-bond acceptors (Lipinski definition) is 5. The summed E-state index contributed by atoms with van der Waals surface area (Å²) >= 11 is 0. The molecule has 0 fully saturated rings. The van der Waals surface area contributed by atoms with Gasteiger partial charge in [0.1, 0.15) is 0 Å². The molecule has 1 aliphatic heterocycles. The minimum atomic E-state index is -0.544. The molecular weight excluding hydrogens is 284 g/mol. The maximum absolute atomic E-state index is 11.8. The predicted octanol–water partition coefficient (Wildman–Crippen LogP) is 2.94. The van der Waals surface area contributed by atoms with Gasteiger partial charge in [-0.25, -0.2) is 9.79 Å². The van der Waals surface area contributed by atoms with Gasteiger partial charge in [-0.15, -0.1) is 0 Å². The van der Waals surface area contributed by atoms with Gasteiger partial charge < -0.3 is 4.74 Å². The van der Waals surface area contributed by atoms with E-state index in [9.17, 15) is 14.9 Å². The van der Waals surface area contributed by atoms with Crippen LogP contribution in [0.2, 0.25) is 0 Å². The Kier molecular flexibility index (Phi) is 3.49. The first-order valence-corrected chi connectivity index (χ1v) is 6.46. The summed E-state index contributed by atoms with van der Waals surface area (Å²) in [7, 11) is 0. The molecule has 0 spiro atoms. The van der Waals surface area contributed by atoms with Gasteiger partial charge in [-0.3, -0.25) is 10.1 Å². The van der Waals surface area contributed by atoms with Gasteiger partial charge in [0.15, 0.2) is 5.70 Å². The molecule has 108 valence electrons. The van der Waals surface area contributed by atoms with Crippen LogP contribution in [0.1, 0.15) is 11.1 Å². The molecule has 1 aliphatic rings. The maximum atomic E-state index is 11.8. The zero-order chi connectivity index (χ0) is 15.5. The number of esters is 1. The number of nitro benzene ring substituents is 1. The van der Waals surface area contributed by atoms with E-state index in [0.29, 0.717) is 5.56 Å². The van der Waals surface area contributed by atoms with E-state index in [-0.39, 0.29) is 17.3 Å². The topological polar surface area (TPSA) is 81.8 Å². The lowest BCUT2D eigenvalue weighted by Gasteiger charge is -1.98. The van der Waals surface area contributed by atoms with E-state index in [1.54, 1.807) is 6.08 Å². The second-order valence-corrected chi connectivity index (χ2v) is 4.55. The van der Waals surface area contributed by atoms with Crippen molar-refractivity contribution in [1.29, 1.82) is 0 Å². The third-order valence-corrected chi connectivity index (χ3v) is 3.05. The Labute approximate surface area is 125 Å².